The van der Waals surface area contributed by atoms with Crippen LogP contribution in [0.15, 0.2) is 121 Å². The minimum absolute atomic E-state index is 1.14. The molecule has 0 aromatic heterocycles. The lowest BCUT2D eigenvalue weighted by Crippen LogP contribution is -1.73. The summed E-state index contributed by atoms with van der Waals surface area (Å²) in [6, 6.07) is 41.2. The second kappa shape index (κ2) is 15.9. The van der Waals surface area contributed by atoms with Crippen molar-refractivity contribution in [2.24, 2.45) is 0 Å². The van der Waals surface area contributed by atoms with Crippen LogP contribution in [-0.2, 0) is 6.42 Å². The average Bonchev–Trinajstić information content (AvgIpc) is 2.77. The summed E-state index contributed by atoms with van der Waals surface area (Å²) in [6.07, 6.45) is 1.14. The van der Waals surface area contributed by atoms with Crippen LogP contribution in [0, 0.1) is 20.8 Å². The van der Waals surface area contributed by atoms with E-state index >= 15 is 0 Å². The quantitative estimate of drug-likeness (QED) is 0.311. The van der Waals surface area contributed by atoms with Crippen LogP contribution in [0.1, 0.15) is 29.2 Å². The molecule has 0 fully saturated rings. The molecule has 4 rings (SSSR count). The molecule has 0 spiro atoms. The zero-order valence-corrected chi connectivity index (χ0v) is 18.3. The van der Waals surface area contributed by atoms with Crippen LogP contribution in [0.2, 0.25) is 0 Å². The van der Waals surface area contributed by atoms with Gasteiger partial charge in [-0.2, -0.15) is 0 Å². The minimum Gasteiger partial charge on any atom is -0.0622 e. The molecular weight excluding hydrogens is 348 g/mol. The molecule has 0 saturated heterocycles. The molecule has 0 heteroatoms. The standard InChI is InChI=1S/C8H10.3C7H8/c1-2-8-6-4-3-5-7-8;3*1-7-5-3-2-4-6-7/h3-7H,2H2,1H3;3*2-6H,1H3. The summed E-state index contributed by atoms with van der Waals surface area (Å²) in [7, 11) is 0. The van der Waals surface area contributed by atoms with Gasteiger partial charge in [-0.15, -0.1) is 0 Å². The second-order valence-electron chi connectivity index (χ2n) is 6.80. The third kappa shape index (κ3) is 13.7. The molecule has 0 nitrogen and oxygen atoms in total. The van der Waals surface area contributed by atoms with E-state index in [2.05, 4.69) is 88.4 Å². The molecule has 0 heterocycles. The van der Waals surface area contributed by atoms with Gasteiger partial charge < -0.3 is 0 Å². The molecule has 0 N–H and O–H groups in total. The molecule has 0 atom stereocenters. The highest BCUT2D eigenvalue weighted by molar-refractivity contribution is 5.14. The first kappa shape index (κ1) is 23.9. The molecule has 0 aliphatic carbocycles. The van der Waals surface area contributed by atoms with Crippen molar-refractivity contribution in [2.75, 3.05) is 0 Å². The van der Waals surface area contributed by atoms with E-state index in [4.69, 9.17) is 0 Å². The van der Waals surface area contributed by atoms with Crippen molar-refractivity contribution in [2.45, 2.75) is 34.1 Å². The van der Waals surface area contributed by atoms with Gasteiger partial charge in [-0.1, -0.05) is 145 Å². The number of aryl methyl sites for hydroxylation is 4. The van der Waals surface area contributed by atoms with E-state index in [-0.39, 0.29) is 0 Å². The first-order valence-corrected chi connectivity index (χ1v) is 10.2. The first-order valence-electron chi connectivity index (χ1n) is 10.2. The molecule has 0 aliphatic heterocycles. The van der Waals surface area contributed by atoms with Crippen molar-refractivity contribution >= 4 is 0 Å². The maximum Gasteiger partial charge on any atom is -0.0307 e. The number of hydrogen-bond donors (Lipinski definition) is 0. The SMILES string of the molecule is CCc1ccccc1.Cc1ccccc1.Cc1ccccc1.Cc1ccccc1. The van der Waals surface area contributed by atoms with Gasteiger partial charge in [0.25, 0.3) is 0 Å². The maximum absolute atomic E-state index is 2.16. The van der Waals surface area contributed by atoms with Crippen LogP contribution >= 0.6 is 0 Å². The van der Waals surface area contributed by atoms with E-state index in [0.29, 0.717) is 0 Å². The van der Waals surface area contributed by atoms with Crippen LogP contribution < -0.4 is 0 Å². The molecule has 0 saturated carbocycles. The lowest BCUT2D eigenvalue weighted by molar-refractivity contribution is 1.14. The lowest BCUT2D eigenvalue weighted by Gasteiger charge is -1.89. The molecule has 0 bridgehead atoms. The Bertz CT molecular complexity index is 746. The molecule has 4 aromatic carbocycles. The van der Waals surface area contributed by atoms with E-state index in [0.717, 1.165) is 6.42 Å². The van der Waals surface area contributed by atoms with Gasteiger partial charge in [-0.05, 0) is 32.8 Å². The molecular formula is C29H34. The second-order valence-corrected chi connectivity index (χ2v) is 6.80. The Morgan fingerprint density at radius 1 is 0.379 bits per heavy atom. The monoisotopic (exact) mass is 382 g/mol. The molecule has 4 aromatic rings. The highest BCUT2D eigenvalue weighted by Crippen LogP contribution is 1.97. The molecule has 0 radical (unpaired) electrons. The van der Waals surface area contributed by atoms with E-state index in [1.807, 2.05) is 60.7 Å². The summed E-state index contributed by atoms with van der Waals surface area (Å²) < 4.78 is 0. The molecule has 0 unspecified atom stereocenters. The fraction of sp³-hybridized carbons (Fsp3) is 0.172. The van der Waals surface area contributed by atoms with Gasteiger partial charge in [0, 0.05) is 0 Å². The number of benzene rings is 4. The van der Waals surface area contributed by atoms with E-state index in [1.165, 1.54) is 22.3 Å². The van der Waals surface area contributed by atoms with Crippen molar-refractivity contribution < 1.29 is 0 Å². The van der Waals surface area contributed by atoms with Crippen LogP contribution in [0.25, 0.3) is 0 Å². The predicted octanol–water partition coefficient (Wildman–Crippen LogP) is 8.23. The molecule has 0 aliphatic rings. The van der Waals surface area contributed by atoms with Gasteiger partial charge in [0.1, 0.15) is 0 Å². The Hall–Kier alpha value is -3.12. The molecule has 0 amide bonds. The van der Waals surface area contributed by atoms with Crippen molar-refractivity contribution in [1.82, 2.24) is 0 Å². The van der Waals surface area contributed by atoms with Crippen LogP contribution in [0.4, 0.5) is 0 Å². The van der Waals surface area contributed by atoms with Crippen molar-refractivity contribution in [1.29, 1.82) is 0 Å². The van der Waals surface area contributed by atoms with Gasteiger partial charge in [-0.25, -0.2) is 0 Å². The Kier molecular flexibility index (Phi) is 13.1. The van der Waals surface area contributed by atoms with Gasteiger partial charge in [0.15, 0.2) is 0 Å². The predicted molar refractivity (Wildman–Crippen MR) is 129 cm³/mol. The topological polar surface area (TPSA) is 0 Å². The summed E-state index contributed by atoms with van der Waals surface area (Å²) in [5.74, 6) is 0. The number of rotatable bonds is 1. The van der Waals surface area contributed by atoms with Gasteiger partial charge in [0.2, 0.25) is 0 Å². The van der Waals surface area contributed by atoms with Gasteiger partial charge >= 0.3 is 0 Å². The minimum atomic E-state index is 1.14. The average molecular weight is 383 g/mol. The third-order valence-corrected chi connectivity index (χ3v) is 4.07. The normalized spacial score (nSPS) is 8.83. The zero-order valence-electron chi connectivity index (χ0n) is 18.3. The summed E-state index contributed by atoms with van der Waals surface area (Å²) in [6.45, 7) is 8.41. The van der Waals surface area contributed by atoms with Crippen LogP contribution in [0.5, 0.6) is 0 Å². The van der Waals surface area contributed by atoms with Crippen molar-refractivity contribution in [3.05, 3.63) is 144 Å². The summed E-state index contributed by atoms with van der Waals surface area (Å²) in [5, 5.41) is 0. The fourth-order valence-corrected chi connectivity index (χ4v) is 2.32. The van der Waals surface area contributed by atoms with Gasteiger partial charge in [-0.3, -0.25) is 0 Å². The smallest absolute Gasteiger partial charge is 0.0307 e. The largest absolute Gasteiger partial charge is 0.0622 e. The Morgan fingerprint density at radius 3 is 0.759 bits per heavy atom. The van der Waals surface area contributed by atoms with E-state index < -0.39 is 0 Å². The molecule has 29 heavy (non-hydrogen) atoms. The number of hydrogen-bond acceptors (Lipinski definition) is 0. The third-order valence-electron chi connectivity index (χ3n) is 4.07. The molecule has 150 valence electrons. The van der Waals surface area contributed by atoms with Gasteiger partial charge in [0.05, 0.1) is 0 Å². The van der Waals surface area contributed by atoms with Crippen LogP contribution in [-0.4, -0.2) is 0 Å². The maximum atomic E-state index is 2.16. The zero-order chi connectivity index (χ0) is 21.2. The van der Waals surface area contributed by atoms with Crippen molar-refractivity contribution in [3.63, 3.8) is 0 Å². The Labute approximate surface area is 177 Å². The van der Waals surface area contributed by atoms with E-state index in [1.54, 1.807) is 0 Å². The van der Waals surface area contributed by atoms with Crippen LogP contribution in [0.3, 0.4) is 0 Å². The summed E-state index contributed by atoms with van der Waals surface area (Å²) in [5.41, 5.74) is 5.38. The Morgan fingerprint density at radius 2 is 0.621 bits per heavy atom. The Balaban J connectivity index is 0.000000194. The fourth-order valence-electron chi connectivity index (χ4n) is 2.32. The summed E-state index contributed by atoms with van der Waals surface area (Å²) in [4.78, 5) is 0. The lowest BCUT2D eigenvalue weighted by atomic mass is 10.2. The highest BCUT2D eigenvalue weighted by atomic mass is 13.9. The first-order chi connectivity index (χ1) is 14.1. The van der Waals surface area contributed by atoms with E-state index in [9.17, 15) is 0 Å². The van der Waals surface area contributed by atoms with Crippen molar-refractivity contribution in [3.8, 4) is 0 Å². The highest BCUT2D eigenvalue weighted by Gasteiger charge is 1.80. The summed E-state index contributed by atoms with van der Waals surface area (Å²) >= 11 is 0.